The van der Waals surface area contributed by atoms with E-state index in [-0.39, 0.29) is 13.0 Å². The van der Waals surface area contributed by atoms with Gasteiger partial charge in [0.1, 0.15) is 18.3 Å². The molecule has 1 saturated heterocycles. The predicted octanol–water partition coefficient (Wildman–Crippen LogP) is -0.838. The van der Waals surface area contributed by atoms with Gasteiger partial charge in [-0.05, 0) is 13.3 Å². The van der Waals surface area contributed by atoms with Gasteiger partial charge >= 0.3 is 0 Å². The van der Waals surface area contributed by atoms with Gasteiger partial charge in [0.05, 0.1) is 18.3 Å². The Morgan fingerprint density at radius 2 is 2.14 bits per heavy atom. The van der Waals surface area contributed by atoms with Gasteiger partial charge in [-0.25, -0.2) is 0 Å². The molecule has 1 heterocycles. The van der Waals surface area contributed by atoms with Crippen LogP contribution >= 0.6 is 0 Å². The largest absolute Gasteiger partial charge is 0.394 e. The van der Waals surface area contributed by atoms with Gasteiger partial charge in [-0.3, -0.25) is 0 Å². The van der Waals surface area contributed by atoms with Crippen LogP contribution in [-0.4, -0.2) is 45.8 Å². The molecular weight excluding hydrogens is 186 g/mol. The maximum atomic E-state index is 9.65. The first-order valence-corrected chi connectivity index (χ1v) is 4.57. The van der Waals surface area contributed by atoms with Gasteiger partial charge < -0.3 is 20.1 Å². The van der Waals surface area contributed by atoms with Crippen molar-refractivity contribution in [1.29, 1.82) is 5.26 Å². The Balaban J connectivity index is 2.67. The number of hydrogen-bond donors (Lipinski definition) is 3. The Kier molecular flexibility index (Phi) is 3.45. The molecule has 3 N–H and O–H groups in total. The zero-order valence-corrected chi connectivity index (χ0v) is 8.05. The van der Waals surface area contributed by atoms with E-state index < -0.39 is 23.9 Å². The molecule has 0 aromatic rings. The average Bonchev–Trinajstić information content (AvgIpc) is 2.40. The molecule has 0 aromatic carbocycles. The van der Waals surface area contributed by atoms with Gasteiger partial charge in [-0.1, -0.05) is 0 Å². The molecule has 0 saturated carbocycles. The van der Waals surface area contributed by atoms with Crippen LogP contribution in [0.15, 0.2) is 0 Å². The van der Waals surface area contributed by atoms with Crippen LogP contribution in [0.1, 0.15) is 19.8 Å². The van der Waals surface area contributed by atoms with Gasteiger partial charge in [0.15, 0.2) is 0 Å². The maximum absolute atomic E-state index is 9.65. The fourth-order valence-corrected chi connectivity index (χ4v) is 1.71. The Bertz CT molecular complexity index is 239. The van der Waals surface area contributed by atoms with E-state index >= 15 is 0 Å². The van der Waals surface area contributed by atoms with Crippen molar-refractivity contribution in [3.8, 4) is 6.07 Å². The second-order valence-corrected chi connectivity index (χ2v) is 3.75. The quantitative estimate of drug-likeness (QED) is 0.553. The lowest BCUT2D eigenvalue weighted by Crippen LogP contribution is -2.40. The molecule has 80 valence electrons. The molecule has 0 aromatic heterocycles. The van der Waals surface area contributed by atoms with E-state index in [2.05, 4.69) is 0 Å². The minimum absolute atomic E-state index is 0.248. The summed E-state index contributed by atoms with van der Waals surface area (Å²) in [6.07, 6.45) is -2.29. The number of hydrogen-bond acceptors (Lipinski definition) is 5. The van der Waals surface area contributed by atoms with Crippen LogP contribution in [-0.2, 0) is 4.74 Å². The summed E-state index contributed by atoms with van der Waals surface area (Å²) >= 11 is 0. The standard InChI is InChI=1S/C9H15NO4/c1-9(3-2-4-10)8(13)7(12)6(5-11)14-9/h6-8,11-13H,2-3,5H2,1H3/t6-,7+,8?,9-/m1/s1. The van der Waals surface area contributed by atoms with Crippen molar-refractivity contribution in [3.05, 3.63) is 0 Å². The Morgan fingerprint density at radius 1 is 1.50 bits per heavy atom. The molecule has 0 amide bonds. The van der Waals surface area contributed by atoms with Crippen molar-refractivity contribution in [2.24, 2.45) is 0 Å². The summed E-state index contributed by atoms with van der Waals surface area (Å²) in [4.78, 5) is 0. The monoisotopic (exact) mass is 201 g/mol. The minimum Gasteiger partial charge on any atom is -0.394 e. The number of nitrogens with zero attached hydrogens (tertiary/aromatic N) is 1. The molecule has 1 fully saturated rings. The first-order valence-electron chi connectivity index (χ1n) is 4.57. The molecule has 1 rings (SSSR count). The Morgan fingerprint density at radius 3 is 2.57 bits per heavy atom. The summed E-state index contributed by atoms with van der Waals surface area (Å²) in [5.41, 5.74) is -0.928. The summed E-state index contributed by atoms with van der Waals surface area (Å²) < 4.78 is 5.32. The lowest BCUT2D eigenvalue weighted by Gasteiger charge is -2.26. The highest BCUT2D eigenvalue weighted by Crippen LogP contribution is 2.34. The van der Waals surface area contributed by atoms with Crippen LogP contribution < -0.4 is 0 Å². The first-order chi connectivity index (χ1) is 6.55. The maximum Gasteiger partial charge on any atom is 0.111 e. The van der Waals surface area contributed by atoms with Gasteiger partial charge in [-0.15, -0.1) is 0 Å². The van der Waals surface area contributed by atoms with Crippen LogP contribution in [0.25, 0.3) is 0 Å². The molecule has 5 nitrogen and oxygen atoms in total. The average molecular weight is 201 g/mol. The molecule has 0 radical (unpaired) electrons. The molecule has 5 heteroatoms. The third-order valence-electron chi connectivity index (χ3n) is 2.66. The molecule has 1 unspecified atom stereocenters. The second-order valence-electron chi connectivity index (χ2n) is 3.75. The van der Waals surface area contributed by atoms with Crippen LogP contribution in [0.2, 0.25) is 0 Å². The van der Waals surface area contributed by atoms with Crippen LogP contribution in [0.4, 0.5) is 0 Å². The van der Waals surface area contributed by atoms with Crippen molar-refractivity contribution in [3.63, 3.8) is 0 Å². The fraction of sp³-hybridized carbons (Fsp3) is 0.889. The Labute approximate surface area is 82.5 Å². The summed E-state index contributed by atoms with van der Waals surface area (Å²) in [5, 5.41) is 36.4. The summed E-state index contributed by atoms with van der Waals surface area (Å²) in [6.45, 7) is 1.30. The number of ether oxygens (including phenoxy) is 1. The minimum atomic E-state index is -1.08. The van der Waals surface area contributed by atoms with E-state index in [1.165, 1.54) is 0 Å². The molecule has 1 aliphatic heterocycles. The van der Waals surface area contributed by atoms with Gasteiger partial charge in [0, 0.05) is 6.42 Å². The van der Waals surface area contributed by atoms with Gasteiger partial charge in [-0.2, -0.15) is 5.26 Å². The highest BCUT2D eigenvalue weighted by atomic mass is 16.6. The topological polar surface area (TPSA) is 93.7 Å². The molecule has 0 bridgehead atoms. The van der Waals surface area contributed by atoms with E-state index in [9.17, 15) is 10.2 Å². The highest BCUT2D eigenvalue weighted by molar-refractivity contribution is 5.00. The van der Waals surface area contributed by atoms with E-state index in [0.717, 1.165) is 0 Å². The van der Waals surface area contributed by atoms with Crippen LogP contribution in [0.3, 0.4) is 0 Å². The second kappa shape index (κ2) is 4.24. The number of aliphatic hydroxyl groups is 3. The smallest absolute Gasteiger partial charge is 0.111 e. The van der Waals surface area contributed by atoms with Gasteiger partial charge in [0.2, 0.25) is 0 Å². The molecule has 4 atom stereocenters. The van der Waals surface area contributed by atoms with Crippen LogP contribution in [0, 0.1) is 11.3 Å². The SMILES string of the molecule is C[C@]1(CCC#N)O[C@H](CO)[C@H](O)C1O. The fourth-order valence-electron chi connectivity index (χ4n) is 1.71. The molecule has 14 heavy (non-hydrogen) atoms. The normalized spacial score (nSPS) is 42.4. The molecule has 0 spiro atoms. The van der Waals surface area contributed by atoms with E-state index in [1.54, 1.807) is 6.92 Å². The van der Waals surface area contributed by atoms with E-state index in [1.807, 2.05) is 6.07 Å². The predicted molar refractivity (Wildman–Crippen MR) is 47.2 cm³/mol. The van der Waals surface area contributed by atoms with Crippen molar-refractivity contribution in [1.82, 2.24) is 0 Å². The molecule has 1 aliphatic rings. The third kappa shape index (κ3) is 1.88. The molecule has 0 aliphatic carbocycles. The third-order valence-corrected chi connectivity index (χ3v) is 2.66. The van der Waals surface area contributed by atoms with Crippen molar-refractivity contribution >= 4 is 0 Å². The van der Waals surface area contributed by atoms with Gasteiger partial charge in [0.25, 0.3) is 0 Å². The highest BCUT2D eigenvalue weighted by Gasteiger charge is 2.50. The van der Waals surface area contributed by atoms with Crippen molar-refractivity contribution < 1.29 is 20.1 Å². The Hall–Kier alpha value is -0.670. The summed E-state index contributed by atoms with van der Waals surface area (Å²) in [5.74, 6) is 0. The summed E-state index contributed by atoms with van der Waals surface area (Å²) in [7, 11) is 0. The first kappa shape index (κ1) is 11.4. The number of rotatable bonds is 3. The number of aliphatic hydroxyl groups excluding tert-OH is 3. The zero-order valence-electron chi connectivity index (χ0n) is 8.05. The van der Waals surface area contributed by atoms with E-state index in [4.69, 9.17) is 15.1 Å². The van der Waals surface area contributed by atoms with Crippen LogP contribution in [0.5, 0.6) is 0 Å². The van der Waals surface area contributed by atoms with E-state index in [0.29, 0.717) is 6.42 Å². The van der Waals surface area contributed by atoms with Crippen molar-refractivity contribution in [2.75, 3.05) is 6.61 Å². The van der Waals surface area contributed by atoms with Crippen molar-refractivity contribution in [2.45, 2.75) is 43.7 Å². The summed E-state index contributed by atoms with van der Waals surface area (Å²) in [6, 6.07) is 1.95. The zero-order chi connectivity index (χ0) is 10.8. The lowest BCUT2D eigenvalue weighted by atomic mass is 9.92. The lowest BCUT2D eigenvalue weighted by molar-refractivity contribution is -0.0844. The molecular formula is C9H15NO4. The number of nitriles is 1.